The fourth-order valence-electron chi connectivity index (χ4n) is 0.700. The zero-order valence-electron chi connectivity index (χ0n) is 6.31. The van der Waals surface area contributed by atoms with Crippen LogP contribution in [-0.2, 0) is 9.59 Å². The molecular weight excluding hydrogens is 146 g/mol. The van der Waals surface area contributed by atoms with Crippen molar-refractivity contribution in [2.75, 3.05) is 14.1 Å². The number of amides is 2. The Balaban J connectivity index is 2.96. The van der Waals surface area contributed by atoms with Crippen LogP contribution >= 0.6 is 0 Å². The molecule has 1 aliphatic heterocycles. The Labute approximate surface area is 63.6 Å². The second kappa shape index (κ2) is 2.61. The molecule has 0 aromatic carbocycles. The highest BCUT2D eigenvalue weighted by Gasteiger charge is 2.30. The van der Waals surface area contributed by atoms with Crippen LogP contribution < -0.4 is 0 Å². The lowest BCUT2D eigenvalue weighted by Gasteiger charge is -2.06. The largest absolute Gasteiger partial charge is 0.507 e. The number of hydrogen-bond donors (Lipinski definition) is 0. The predicted molar refractivity (Wildman–Crippen MR) is 38.5 cm³/mol. The summed E-state index contributed by atoms with van der Waals surface area (Å²) in [4.78, 5) is 24.9. The van der Waals surface area contributed by atoms with Crippen molar-refractivity contribution in [3.8, 4) is 0 Å². The van der Waals surface area contributed by atoms with E-state index in [9.17, 15) is 9.59 Å². The molecule has 0 saturated carbocycles. The number of hydrazine groups is 1. The average molecular weight is 154 g/mol. The van der Waals surface area contributed by atoms with Gasteiger partial charge in [-0.1, -0.05) is 0 Å². The summed E-state index contributed by atoms with van der Waals surface area (Å²) in [7, 11) is 3.34. The highest BCUT2D eigenvalue weighted by Crippen LogP contribution is 1.88. The fraction of sp³-hybridized carbons (Fsp3) is 0.333. The molecule has 0 aliphatic carbocycles. The van der Waals surface area contributed by atoms with Crippen LogP contribution in [0.4, 0.5) is 0 Å². The predicted octanol–water partition coefficient (Wildman–Crippen LogP) is -1.32. The van der Waals surface area contributed by atoms with Crippen molar-refractivity contribution in [1.29, 1.82) is 0 Å². The van der Waals surface area contributed by atoms with Gasteiger partial charge in [0.2, 0.25) is 6.21 Å². The van der Waals surface area contributed by atoms with Crippen LogP contribution in [0.2, 0.25) is 0 Å². The Morgan fingerprint density at radius 2 is 2.09 bits per heavy atom. The Morgan fingerprint density at radius 1 is 1.45 bits per heavy atom. The summed E-state index contributed by atoms with van der Waals surface area (Å²) in [5, 5.41) is 1.51. The molecule has 0 radical (unpaired) electrons. The normalized spacial score (nSPS) is 16.7. The summed E-state index contributed by atoms with van der Waals surface area (Å²) in [6.45, 7) is 0. The maximum absolute atomic E-state index is 11.0. The first kappa shape index (κ1) is 7.59. The van der Waals surface area contributed by atoms with Gasteiger partial charge in [-0.15, -0.1) is 0 Å². The van der Waals surface area contributed by atoms with Crippen LogP contribution in [0, 0.1) is 0 Å². The molecule has 1 aliphatic rings. The van der Waals surface area contributed by atoms with Gasteiger partial charge in [0.25, 0.3) is 0 Å². The number of hydrazone groups is 1. The van der Waals surface area contributed by atoms with E-state index in [2.05, 4.69) is 4.99 Å². The first-order valence-corrected chi connectivity index (χ1v) is 3.05. The van der Waals surface area contributed by atoms with Crippen LogP contribution in [0.25, 0.3) is 0 Å². The summed E-state index contributed by atoms with van der Waals surface area (Å²) in [5.41, 5.74) is 0. The second-order valence-electron chi connectivity index (χ2n) is 2.23. The number of aliphatic imine (C=N–C) groups is 1. The topological polar surface area (TPSA) is 52.8 Å². The van der Waals surface area contributed by atoms with Crippen LogP contribution in [0.5, 0.6) is 0 Å². The summed E-state index contributed by atoms with van der Waals surface area (Å²) in [6, 6.07) is 0. The van der Waals surface area contributed by atoms with Gasteiger partial charge in [0, 0.05) is 0 Å². The molecule has 2 amide bonds. The van der Waals surface area contributed by atoms with Crippen molar-refractivity contribution < 1.29 is 14.3 Å². The zero-order valence-corrected chi connectivity index (χ0v) is 6.31. The summed E-state index contributed by atoms with van der Waals surface area (Å²) in [5.74, 6) is -1.36. The Hall–Kier alpha value is -1.52. The second-order valence-corrected chi connectivity index (χ2v) is 2.23. The lowest BCUT2D eigenvalue weighted by molar-refractivity contribution is -0.596. The van der Waals surface area contributed by atoms with E-state index in [1.165, 1.54) is 22.1 Å². The third-order valence-electron chi connectivity index (χ3n) is 1.22. The molecule has 5 nitrogen and oxygen atoms in total. The lowest BCUT2D eigenvalue weighted by Crippen LogP contribution is -2.40. The number of carbonyl (C=O) groups is 2. The first-order valence-electron chi connectivity index (χ1n) is 3.05. The van der Waals surface area contributed by atoms with Gasteiger partial charge < -0.3 is 0 Å². The van der Waals surface area contributed by atoms with Crippen molar-refractivity contribution in [3.63, 3.8) is 0 Å². The van der Waals surface area contributed by atoms with Gasteiger partial charge >= 0.3 is 11.8 Å². The quantitative estimate of drug-likeness (QED) is 0.348. The molecule has 1 heterocycles. The molecule has 0 unspecified atom stereocenters. The summed E-state index contributed by atoms with van der Waals surface area (Å²) in [6.07, 6.45) is 2.73. The highest BCUT2D eigenvalue weighted by molar-refractivity contribution is 6.39. The molecule has 0 bridgehead atoms. The lowest BCUT2D eigenvalue weighted by atomic mass is 10.5. The smallest absolute Gasteiger partial charge is 0.255 e. The molecule has 0 fully saturated rings. The van der Waals surface area contributed by atoms with Gasteiger partial charge in [-0.25, -0.2) is 9.79 Å². The maximum Gasteiger partial charge on any atom is 0.507 e. The van der Waals surface area contributed by atoms with E-state index in [1.54, 1.807) is 14.1 Å². The number of hydrogen-bond acceptors (Lipinski definition) is 3. The Kier molecular flexibility index (Phi) is 1.80. The molecule has 0 atom stereocenters. The molecule has 0 aromatic heterocycles. The zero-order chi connectivity index (χ0) is 8.43. The van der Waals surface area contributed by atoms with Gasteiger partial charge in [-0.05, 0) is 4.68 Å². The van der Waals surface area contributed by atoms with Crippen molar-refractivity contribution in [1.82, 2.24) is 5.01 Å². The van der Waals surface area contributed by atoms with Gasteiger partial charge in [-0.3, -0.25) is 4.79 Å². The number of carbonyl (C=O) groups excluding carboxylic acids is 2. The molecule has 0 spiro atoms. The van der Waals surface area contributed by atoms with E-state index in [-0.39, 0.29) is 0 Å². The SMILES string of the molecule is CN(C)[N+]1=CC=NC(=O)C1=O. The average Bonchev–Trinajstić information content (AvgIpc) is 1.94. The molecule has 0 saturated heterocycles. The Bertz CT molecular complexity index is 265. The molecule has 0 aromatic rings. The summed E-state index contributed by atoms with van der Waals surface area (Å²) < 4.78 is 1.19. The van der Waals surface area contributed by atoms with E-state index in [0.717, 1.165) is 0 Å². The van der Waals surface area contributed by atoms with E-state index in [4.69, 9.17) is 0 Å². The highest BCUT2D eigenvalue weighted by atomic mass is 16.2. The minimum atomic E-state index is -0.735. The molecule has 5 heteroatoms. The fourth-order valence-corrected chi connectivity index (χ4v) is 0.700. The molecule has 58 valence electrons. The van der Waals surface area contributed by atoms with E-state index in [1.807, 2.05) is 0 Å². The van der Waals surface area contributed by atoms with E-state index in [0.29, 0.717) is 0 Å². The number of nitrogens with zero attached hydrogens (tertiary/aromatic N) is 3. The molecular formula is C6H8N3O2+. The number of rotatable bonds is 1. The van der Waals surface area contributed by atoms with Crippen LogP contribution in [-0.4, -0.2) is 48.0 Å². The van der Waals surface area contributed by atoms with Crippen molar-refractivity contribution in [2.24, 2.45) is 4.99 Å². The third-order valence-corrected chi connectivity index (χ3v) is 1.22. The third kappa shape index (κ3) is 1.31. The minimum Gasteiger partial charge on any atom is -0.255 e. The van der Waals surface area contributed by atoms with Gasteiger partial charge in [0.1, 0.15) is 0 Å². The minimum absolute atomic E-state index is 0.627. The van der Waals surface area contributed by atoms with Crippen LogP contribution in [0.3, 0.4) is 0 Å². The first-order chi connectivity index (χ1) is 5.13. The molecule has 11 heavy (non-hydrogen) atoms. The van der Waals surface area contributed by atoms with E-state index < -0.39 is 11.8 Å². The molecule has 0 N–H and O–H groups in total. The standard InChI is InChI=1S/C6H8N3O2/c1-8(2)9-4-3-7-5(10)6(9)11/h3-4H,1-2H3/q+1. The van der Waals surface area contributed by atoms with Crippen molar-refractivity contribution in [2.45, 2.75) is 0 Å². The van der Waals surface area contributed by atoms with Gasteiger partial charge in [-0.2, -0.15) is 5.01 Å². The van der Waals surface area contributed by atoms with Crippen molar-refractivity contribution >= 4 is 24.2 Å². The van der Waals surface area contributed by atoms with Gasteiger partial charge in [0.15, 0.2) is 0 Å². The summed E-state index contributed by atoms with van der Waals surface area (Å²) >= 11 is 0. The van der Waals surface area contributed by atoms with E-state index >= 15 is 0 Å². The van der Waals surface area contributed by atoms with Crippen molar-refractivity contribution in [3.05, 3.63) is 0 Å². The maximum atomic E-state index is 11.0. The molecule has 1 rings (SSSR count). The van der Waals surface area contributed by atoms with Gasteiger partial charge in [0.05, 0.1) is 20.3 Å². The van der Waals surface area contributed by atoms with Crippen LogP contribution in [0.1, 0.15) is 0 Å². The monoisotopic (exact) mass is 154 g/mol. The van der Waals surface area contributed by atoms with Crippen LogP contribution in [0.15, 0.2) is 4.99 Å². The Morgan fingerprint density at radius 3 is 2.55 bits per heavy atom.